The summed E-state index contributed by atoms with van der Waals surface area (Å²) in [4.78, 5) is 8.55. The van der Waals surface area contributed by atoms with Crippen molar-refractivity contribution in [3.63, 3.8) is 0 Å². The quantitative estimate of drug-likeness (QED) is 0.436. The standard InChI is InChI=1S/C14H19N3/c1-6-12-8-7-9-13(10-12)11-15-14(16(2)3)17(4)5/h1,7-10H,11H2,2-5H3. The van der Waals surface area contributed by atoms with Gasteiger partial charge in [-0.2, -0.15) is 0 Å². The van der Waals surface area contributed by atoms with Crippen LogP contribution in [0.3, 0.4) is 0 Å². The maximum Gasteiger partial charge on any atom is 0.195 e. The number of hydrogen-bond acceptors (Lipinski definition) is 1. The minimum Gasteiger partial charge on any atom is -0.349 e. The molecule has 1 aromatic rings. The Labute approximate surface area is 104 Å². The third-order valence-electron chi connectivity index (χ3n) is 2.30. The Morgan fingerprint density at radius 2 is 1.88 bits per heavy atom. The van der Waals surface area contributed by atoms with E-state index in [-0.39, 0.29) is 0 Å². The van der Waals surface area contributed by atoms with Crippen molar-refractivity contribution < 1.29 is 0 Å². The Hall–Kier alpha value is -1.95. The number of guanidine groups is 1. The Kier molecular flexibility index (Phi) is 4.59. The second-order valence-electron chi connectivity index (χ2n) is 4.25. The molecule has 0 saturated carbocycles. The van der Waals surface area contributed by atoms with Crippen molar-refractivity contribution in [2.24, 2.45) is 4.99 Å². The molecule has 0 bridgehead atoms. The van der Waals surface area contributed by atoms with Crippen LogP contribution in [0.2, 0.25) is 0 Å². The van der Waals surface area contributed by atoms with Crippen molar-refractivity contribution in [1.82, 2.24) is 9.80 Å². The molecule has 1 rings (SSSR count). The molecule has 0 N–H and O–H groups in total. The van der Waals surface area contributed by atoms with Gasteiger partial charge in [0.05, 0.1) is 6.54 Å². The molecule has 0 aliphatic rings. The van der Waals surface area contributed by atoms with E-state index in [0.717, 1.165) is 17.1 Å². The second-order valence-corrected chi connectivity index (χ2v) is 4.25. The average Bonchev–Trinajstić information content (AvgIpc) is 2.28. The van der Waals surface area contributed by atoms with E-state index in [2.05, 4.69) is 10.9 Å². The van der Waals surface area contributed by atoms with Crippen molar-refractivity contribution >= 4 is 5.96 Å². The zero-order chi connectivity index (χ0) is 12.8. The van der Waals surface area contributed by atoms with Crippen LogP contribution in [0.25, 0.3) is 0 Å². The highest BCUT2D eigenvalue weighted by Crippen LogP contribution is 2.06. The van der Waals surface area contributed by atoms with Crippen LogP contribution in [0.15, 0.2) is 29.3 Å². The van der Waals surface area contributed by atoms with Crippen LogP contribution < -0.4 is 0 Å². The molecular weight excluding hydrogens is 210 g/mol. The molecule has 0 aliphatic heterocycles. The molecule has 1 aromatic carbocycles. The molecule has 17 heavy (non-hydrogen) atoms. The summed E-state index contributed by atoms with van der Waals surface area (Å²) in [6.45, 7) is 0.640. The fraction of sp³-hybridized carbons (Fsp3) is 0.357. The smallest absolute Gasteiger partial charge is 0.195 e. The lowest BCUT2D eigenvalue weighted by Gasteiger charge is -2.22. The van der Waals surface area contributed by atoms with Crippen LogP contribution in [0.5, 0.6) is 0 Å². The summed E-state index contributed by atoms with van der Waals surface area (Å²) in [5.74, 6) is 3.57. The predicted octanol–water partition coefficient (Wildman–Crippen LogP) is 1.65. The van der Waals surface area contributed by atoms with Gasteiger partial charge < -0.3 is 9.80 Å². The largest absolute Gasteiger partial charge is 0.349 e. The lowest BCUT2D eigenvalue weighted by Crippen LogP contribution is -2.35. The second kappa shape index (κ2) is 5.95. The Balaban J connectivity index is 2.84. The van der Waals surface area contributed by atoms with E-state index in [9.17, 15) is 0 Å². The van der Waals surface area contributed by atoms with Gasteiger partial charge in [-0.1, -0.05) is 18.1 Å². The van der Waals surface area contributed by atoms with E-state index in [1.54, 1.807) is 0 Å². The van der Waals surface area contributed by atoms with Gasteiger partial charge in [-0.25, -0.2) is 4.99 Å². The summed E-state index contributed by atoms with van der Waals surface area (Å²) in [7, 11) is 7.93. The number of hydrogen-bond donors (Lipinski definition) is 0. The molecule has 0 unspecified atom stereocenters. The van der Waals surface area contributed by atoms with Gasteiger partial charge in [0, 0.05) is 33.8 Å². The number of aliphatic imine (C=N–C) groups is 1. The van der Waals surface area contributed by atoms with E-state index in [4.69, 9.17) is 6.42 Å². The third kappa shape index (κ3) is 3.84. The molecule has 0 aromatic heterocycles. The fourth-order valence-electron chi connectivity index (χ4n) is 1.60. The van der Waals surface area contributed by atoms with E-state index < -0.39 is 0 Å². The lowest BCUT2D eigenvalue weighted by atomic mass is 10.1. The molecule has 0 radical (unpaired) electrons. The molecular formula is C14H19N3. The van der Waals surface area contributed by atoms with Crippen LogP contribution in [0.1, 0.15) is 11.1 Å². The first-order valence-electron chi connectivity index (χ1n) is 5.49. The maximum atomic E-state index is 5.37. The summed E-state index contributed by atoms with van der Waals surface area (Å²) >= 11 is 0. The van der Waals surface area contributed by atoms with E-state index in [0.29, 0.717) is 6.54 Å². The Bertz CT molecular complexity index is 429. The molecule has 0 fully saturated rings. The normalized spacial score (nSPS) is 9.35. The summed E-state index contributed by atoms with van der Waals surface area (Å²) in [6, 6.07) is 7.91. The van der Waals surface area contributed by atoms with Gasteiger partial charge in [0.1, 0.15) is 0 Å². The van der Waals surface area contributed by atoms with Gasteiger partial charge in [0.2, 0.25) is 0 Å². The zero-order valence-corrected chi connectivity index (χ0v) is 10.9. The van der Waals surface area contributed by atoms with Gasteiger partial charge in [0.15, 0.2) is 5.96 Å². The molecule has 0 amide bonds. The number of terminal acetylenes is 1. The van der Waals surface area contributed by atoms with Crippen LogP contribution in [0.4, 0.5) is 0 Å². The van der Waals surface area contributed by atoms with Gasteiger partial charge in [-0.3, -0.25) is 0 Å². The molecule has 0 heterocycles. The fourth-order valence-corrected chi connectivity index (χ4v) is 1.60. The highest BCUT2D eigenvalue weighted by molar-refractivity contribution is 5.79. The van der Waals surface area contributed by atoms with Gasteiger partial charge in [0.25, 0.3) is 0 Å². The van der Waals surface area contributed by atoms with Crippen LogP contribution >= 0.6 is 0 Å². The van der Waals surface area contributed by atoms with Crippen LogP contribution in [-0.4, -0.2) is 44.0 Å². The van der Waals surface area contributed by atoms with Gasteiger partial charge >= 0.3 is 0 Å². The summed E-state index contributed by atoms with van der Waals surface area (Å²) < 4.78 is 0. The van der Waals surface area contributed by atoms with E-state index in [1.807, 2.05) is 62.3 Å². The Morgan fingerprint density at radius 3 is 2.41 bits per heavy atom. The van der Waals surface area contributed by atoms with Crippen LogP contribution in [0, 0.1) is 12.3 Å². The number of rotatable bonds is 2. The van der Waals surface area contributed by atoms with E-state index in [1.165, 1.54) is 0 Å². The first-order chi connectivity index (χ1) is 8.04. The van der Waals surface area contributed by atoms with Crippen molar-refractivity contribution in [3.05, 3.63) is 35.4 Å². The molecule has 0 atom stereocenters. The molecule has 0 aliphatic carbocycles. The number of nitrogens with zero attached hydrogens (tertiary/aromatic N) is 3. The minimum absolute atomic E-state index is 0.640. The SMILES string of the molecule is C#Cc1cccc(CN=C(N(C)C)N(C)C)c1. The molecule has 90 valence electrons. The first-order valence-corrected chi connectivity index (χ1v) is 5.49. The van der Waals surface area contributed by atoms with Crippen molar-refractivity contribution in [3.8, 4) is 12.3 Å². The Morgan fingerprint density at radius 1 is 1.24 bits per heavy atom. The van der Waals surface area contributed by atoms with Gasteiger partial charge in [-0.15, -0.1) is 6.42 Å². The summed E-state index contributed by atoms with van der Waals surface area (Å²) in [6.07, 6.45) is 5.37. The topological polar surface area (TPSA) is 18.8 Å². The zero-order valence-electron chi connectivity index (χ0n) is 10.9. The third-order valence-corrected chi connectivity index (χ3v) is 2.30. The summed E-state index contributed by atoms with van der Waals surface area (Å²) in [5.41, 5.74) is 2.02. The maximum absolute atomic E-state index is 5.37. The molecule has 0 saturated heterocycles. The molecule has 3 heteroatoms. The van der Waals surface area contributed by atoms with Gasteiger partial charge in [-0.05, 0) is 17.7 Å². The monoisotopic (exact) mass is 229 g/mol. The average molecular weight is 229 g/mol. The predicted molar refractivity (Wildman–Crippen MR) is 72.9 cm³/mol. The van der Waals surface area contributed by atoms with Crippen LogP contribution in [-0.2, 0) is 6.54 Å². The highest BCUT2D eigenvalue weighted by atomic mass is 15.3. The van der Waals surface area contributed by atoms with Crippen molar-refractivity contribution in [2.45, 2.75) is 6.54 Å². The molecule has 3 nitrogen and oxygen atoms in total. The minimum atomic E-state index is 0.640. The molecule has 0 spiro atoms. The van der Waals surface area contributed by atoms with Crippen molar-refractivity contribution in [1.29, 1.82) is 0 Å². The van der Waals surface area contributed by atoms with Crippen molar-refractivity contribution in [2.75, 3.05) is 28.2 Å². The lowest BCUT2D eigenvalue weighted by molar-refractivity contribution is 0.479. The summed E-state index contributed by atoms with van der Waals surface area (Å²) in [5, 5.41) is 0. The first kappa shape index (κ1) is 13.1. The van der Waals surface area contributed by atoms with E-state index >= 15 is 0 Å². The highest BCUT2D eigenvalue weighted by Gasteiger charge is 2.03. The number of benzene rings is 1.